The second-order valence-corrected chi connectivity index (χ2v) is 10.6. The highest BCUT2D eigenvalue weighted by Crippen LogP contribution is 2.28. The van der Waals surface area contributed by atoms with Gasteiger partial charge >= 0.3 is 0 Å². The molecule has 0 bridgehead atoms. The summed E-state index contributed by atoms with van der Waals surface area (Å²) in [6.45, 7) is 0.461. The number of nitrogens with one attached hydrogen (secondary N) is 2. The SMILES string of the molecule is CS(=O)(=O)c1ccc(NCCNC(=O)c2ccccc2SCc2ccsc2)c([N+](=O)[O-])c1. The van der Waals surface area contributed by atoms with E-state index in [0.717, 1.165) is 23.0 Å². The number of rotatable bonds is 10. The molecule has 1 heterocycles. The molecule has 3 aromatic rings. The largest absolute Gasteiger partial charge is 0.378 e. The number of carbonyl (C=O) groups excluding carboxylic acids is 1. The van der Waals surface area contributed by atoms with Gasteiger partial charge in [0, 0.05) is 36.1 Å². The van der Waals surface area contributed by atoms with Gasteiger partial charge in [-0.3, -0.25) is 14.9 Å². The molecule has 8 nitrogen and oxygen atoms in total. The van der Waals surface area contributed by atoms with Gasteiger partial charge in [0.05, 0.1) is 15.4 Å². The highest BCUT2D eigenvalue weighted by atomic mass is 32.2. The van der Waals surface area contributed by atoms with Crippen molar-refractivity contribution in [2.75, 3.05) is 24.7 Å². The Balaban J connectivity index is 1.58. The van der Waals surface area contributed by atoms with Crippen molar-refractivity contribution in [2.24, 2.45) is 0 Å². The number of benzene rings is 2. The first-order valence-corrected chi connectivity index (χ1v) is 13.3. The average molecular weight is 492 g/mol. The first kappa shape index (κ1) is 23.8. The van der Waals surface area contributed by atoms with Crippen LogP contribution < -0.4 is 10.6 Å². The molecule has 0 fully saturated rings. The Bertz CT molecular complexity index is 1210. The average Bonchev–Trinajstić information content (AvgIpc) is 3.28. The molecule has 0 aliphatic rings. The fraction of sp³-hybridized carbons (Fsp3) is 0.190. The third-order valence-corrected chi connectivity index (χ3v) is 7.41. The van der Waals surface area contributed by atoms with E-state index in [1.165, 1.54) is 17.7 Å². The fourth-order valence-corrected chi connectivity index (χ4v) is 5.23. The summed E-state index contributed by atoms with van der Waals surface area (Å²) in [5, 5.41) is 21.1. The number of thioether (sulfide) groups is 1. The normalized spacial score (nSPS) is 11.2. The molecule has 0 unspecified atom stereocenters. The van der Waals surface area contributed by atoms with Gasteiger partial charge in [0.1, 0.15) is 5.69 Å². The molecule has 1 aromatic heterocycles. The van der Waals surface area contributed by atoms with Gasteiger partial charge in [0.15, 0.2) is 9.84 Å². The van der Waals surface area contributed by atoms with Crippen molar-refractivity contribution in [1.82, 2.24) is 5.32 Å². The number of nitro benzene ring substituents is 1. The molecule has 32 heavy (non-hydrogen) atoms. The lowest BCUT2D eigenvalue weighted by molar-refractivity contribution is -0.384. The Hall–Kier alpha value is -2.89. The number of hydrogen-bond acceptors (Lipinski definition) is 8. The third-order valence-electron chi connectivity index (χ3n) is 4.43. The van der Waals surface area contributed by atoms with E-state index in [1.54, 1.807) is 35.2 Å². The number of carbonyl (C=O) groups is 1. The molecule has 0 aliphatic heterocycles. The molecule has 11 heteroatoms. The number of nitro groups is 1. The van der Waals surface area contributed by atoms with Crippen molar-refractivity contribution in [3.63, 3.8) is 0 Å². The van der Waals surface area contributed by atoms with Crippen LogP contribution in [0.4, 0.5) is 11.4 Å². The molecular weight excluding hydrogens is 470 g/mol. The van der Waals surface area contributed by atoms with Gasteiger partial charge in [-0.1, -0.05) is 12.1 Å². The van der Waals surface area contributed by atoms with Crippen LogP contribution in [0.25, 0.3) is 0 Å². The van der Waals surface area contributed by atoms with E-state index in [4.69, 9.17) is 0 Å². The highest BCUT2D eigenvalue weighted by Gasteiger charge is 2.18. The molecule has 1 amide bonds. The van der Waals surface area contributed by atoms with Crippen molar-refractivity contribution < 1.29 is 18.1 Å². The lowest BCUT2D eigenvalue weighted by atomic mass is 10.2. The van der Waals surface area contributed by atoms with Crippen LogP contribution in [-0.4, -0.2) is 38.6 Å². The molecule has 2 N–H and O–H groups in total. The molecule has 0 saturated carbocycles. The zero-order valence-electron chi connectivity index (χ0n) is 17.1. The molecule has 2 aromatic carbocycles. The Morgan fingerprint density at radius 2 is 1.94 bits per heavy atom. The van der Waals surface area contributed by atoms with Crippen molar-refractivity contribution in [1.29, 1.82) is 0 Å². The van der Waals surface area contributed by atoms with Crippen LogP contribution in [0.1, 0.15) is 15.9 Å². The summed E-state index contributed by atoms with van der Waals surface area (Å²) in [5.41, 5.74) is 1.61. The van der Waals surface area contributed by atoms with Crippen molar-refractivity contribution in [2.45, 2.75) is 15.5 Å². The van der Waals surface area contributed by atoms with Crippen LogP contribution in [0, 0.1) is 10.1 Å². The summed E-state index contributed by atoms with van der Waals surface area (Å²) in [4.78, 5) is 24.1. The summed E-state index contributed by atoms with van der Waals surface area (Å²) in [6, 6.07) is 13.1. The van der Waals surface area contributed by atoms with Crippen molar-refractivity contribution in [3.8, 4) is 0 Å². The van der Waals surface area contributed by atoms with Crippen LogP contribution in [0.15, 0.2) is 69.1 Å². The minimum Gasteiger partial charge on any atom is -0.378 e. The topological polar surface area (TPSA) is 118 Å². The van der Waals surface area contributed by atoms with Crippen LogP contribution in [-0.2, 0) is 15.6 Å². The lowest BCUT2D eigenvalue weighted by Crippen LogP contribution is -2.29. The van der Waals surface area contributed by atoms with E-state index >= 15 is 0 Å². The zero-order valence-corrected chi connectivity index (χ0v) is 19.6. The maximum atomic E-state index is 12.6. The van der Waals surface area contributed by atoms with Gasteiger partial charge in [0.25, 0.3) is 11.6 Å². The van der Waals surface area contributed by atoms with E-state index in [0.29, 0.717) is 5.56 Å². The molecule has 0 aliphatic carbocycles. The molecule has 0 spiro atoms. The second-order valence-electron chi connectivity index (χ2n) is 6.81. The summed E-state index contributed by atoms with van der Waals surface area (Å²) >= 11 is 3.21. The maximum absolute atomic E-state index is 12.6. The number of anilines is 1. The van der Waals surface area contributed by atoms with Gasteiger partial charge < -0.3 is 10.6 Å². The Labute approximate surface area is 194 Å². The highest BCUT2D eigenvalue weighted by molar-refractivity contribution is 7.98. The predicted molar refractivity (Wildman–Crippen MR) is 127 cm³/mol. The van der Waals surface area contributed by atoms with Gasteiger partial charge in [0.2, 0.25) is 0 Å². The fourth-order valence-electron chi connectivity index (χ4n) is 2.83. The summed E-state index contributed by atoms with van der Waals surface area (Å²) in [6.07, 6.45) is 0.991. The van der Waals surface area contributed by atoms with Crippen molar-refractivity contribution >= 4 is 50.2 Å². The molecule has 168 valence electrons. The predicted octanol–water partition coefficient (Wildman–Crippen LogP) is 4.19. The first-order valence-electron chi connectivity index (χ1n) is 9.49. The minimum atomic E-state index is -3.56. The lowest BCUT2D eigenvalue weighted by Gasteiger charge is -2.11. The number of hydrogen-bond donors (Lipinski definition) is 2. The second kappa shape index (κ2) is 10.6. The smallest absolute Gasteiger partial charge is 0.293 e. The van der Waals surface area contributed by atoms with Gasteiger partial charge in [-0.2, -0.15) is 11.3 Å². The number of sulfone groups is 1. The molecule has 0 saturated heterocycles. The Morgan fingerprint density at radius 1 is 1.16 bits per heavy atom. The van der Waals surface area contributed by atoms with Gasteiger partial charge in [-0.15, -0.1) is 11.8 Å². The zero-order chi connectivity index (χ0) is 23.1. The third kappa shape index (κ3) is 6.31. The molecule has 0 atom stereocenters. The molecule has 3 rings (SSSR count). The summed E-state index contributed by atoms with van der Waals surface area (Å²) < 4.78 is 23.3. The number of nitrogens with zero attached hydrogens (tertiary/aromatic N) is 1. The minimum absolute atomic E-state index is 0.125. The standard InChI is InChI=1S/C21H21N3O5S3/c1-32(28,29)16-6-7-18(19(12-16)24(26)27)22-9-10-23-21(25)17-4-2-3-5-20(17)31-14-15-8-11-30-13-15/h2-8,11-13,22H,9-10,14H2,1H3,(H,23,25). The van der Waals surface area contributed by atoms with E-state index in [2.05, 4.69) is 16.0 Å². The van der Waals surface area contributed by atoms with E-state index in [1.807, 2.05) is 23.6 Å². The van der Waals surface area contributed by atoms with E-state index < -0.39 is 14.8 Å². The summed E-state index contributed by atoms with van der Waals surface area (Å²) in [7, 11) is -3.56. The van der Waals surface area contributed by atoms with Crippen LogP contribution >= 0.6 is 23.1 Å². The maximum Gasteiger partial charge on any atom is 0.293 e. The Morgan fingerprint density at radius 3 is 2.62 bits per heavy atom. The molecular formula is C21H21N3O5S3. The van der Waals surface area contributed by atoms with Gasteiger partial charge in [-0.25, -0.2) is 8.42 Å². The molecule has 0 radical (unpaired) electrons. The van der Waals surface area contributed by atoms with E-state index in [9.17, 15) is 23.3 Å². The quantitative estimate of drug-likeness (QED) is 0.189. The monoisotopic (exact) mass is 491 g/mol. The van der Waals surface area contributed by atoms with Gasteiger partial charge in [-0.05, 0) is 46.7 Å². The summed E-state index contributed by atoms with van der Waals surface area (Å²) in [5.74, 6) is 0.532. The Kier molecular flexibility index (Phi) is 7.89. The van der Waals surface area contributed by atoms with Crippen LogP contribution in [0.5, 0.6) is 0 Å². The van der Waals surface area contributed by atoms with Crippen LogP contribution in [0.3, 0.4) is 0 Å². The number of thiophene rings is 1. The van der Waals surface area contributed by atoms with Crippen molar-refractivity contribution in [3.05, 3.63) is 80.5 Å². The van der Waals surface area contributed by atoms with E-state index in [-0.39, 0.29) is 35.3 Å². The first-order chi connectivity index (χ1) is 15.3. The number of amides is 1. The van der Waals surface area contributed by atoms with Crippen LogP contribution in [0.2, 0.25) is 0 Å².